The molecule has 0 spiro atoms. The van der Waals surface area contributed by atoms with Crippen LogP contribution in [0.5, 0.6) is 0 Å². The third-order valence-corrected chi connectivity index (χ3v) is 10.7. The predicted octanol–water partition coefficient (Wildman–Crippen LogP) is 8.16. The smallest absolute Gasteiger partial charge is 0.432 e. The van der Waals surface area contributed by atoms with E-state index in [1.165, 1.54) is 20.4 Å². The molecule has 59 heavy (non-hydrogen) atoms. The summed E-state index contributed by atoms with van der Waals surface area (Å²) < 4.78 is 15.7. The van der Waals surface area contributed by atoms with Crippen LogP contribution < -0.4 is 5.32 Å². The Morgan fingerprint density at radius 2 is 1.66 bits per heavy atom. The van der Waals surface area contributed by atoms with Crippen LogP contribution in [0.4, 0.5) is 9.59 Å². The molecule has 1 fully saturated rings. The summed E-state index contributed by atoms with van der Waals surface area (Å²) in [6.45, 7) is 11.1. The summed E-state index contributed by atoms with van der Waals surface area (Å²) in [6, 6.07) is 15.1. The molecule has 5 aromatic rings. The fourth-order valence-corrected chi connectivity index (χ4v) is 7.32. The van der Waals surface area contributed by atoms with Gasteiger partial charge in [0, 0.05) is 35.8 Å². The van der Waals surface area contributed by atoms with Crippen molar-refractivity contribution in [2.45, 2.75) is 78.9 Å². The van der Waals surface area contributed by atoms with Crippen LogP contribution >= 0.6 is 0 Å². The Morgan fingerprint density at radius 1 is 0.949 bits per heavy atom. The number of ether oxygens (including phenoxy) is 2. The van der Waals surface area contributed by atoms with E-state index in [1.54, 1.807) is 22.2 Å². The summed E-state index contributed by atoms with van der Waals surface area (Å²) in [7, 11) is 2.54. The summed E-state index contributed by atoms with van der Waals surface area (Å²) in [5.41, 5.74) is 5.16. The number of nitrogens with one attached hydrogen (secondary N) is 3. The van der Waals surface area contributed by atoms with Crippen molar-refractivity contribution >= 4 is 41.2 Å². The van der Waals surface area contributed by atoms with E-state index in [1.807, 2.05) is 70.2 Å². The number of hydrogen-bond donors (Lipinski definition) is 3. The summed E-state index contributed by atoms with van der Waals surface area (Å²) >= 11 is 0. The molecule has 0 aliphatic carbocycles. The van der Waals surface area contributed by atoms with E-state index in [4.69, 9.17) is 9.15 Å². The van der Waals surface area contributed by atoms with Gasteiger partial charge < -0.3 is 39.0 Å². The molecule has 2 aromatic carbocycles. The van der Waals surface area contributed by atoms with Gasteiger partial charge in [0.25, 0.3) is 0 Å². The van der Waals surface area contributed by atoms with Crippen molar-refractivity contribution in [2.24, 2.45) is 22.7 Å². The average Bonchev–Trinajstić information content (AvgIpc) is 4.07. The van der Waals surface area contributed by atoms with E-state index in [-0.39, 0.29) is 29.7 Å². The molecule has 0 saturated carbocycles. The molecule has 3 aromatic heterocycles. The minimum absolute atomic E-state index is 0.0688. The number of aromatic amines is 2. The highest BCUT2D eigenvalue weighted by atomic mass is 16.5. The number of rotatable bonds is 15. The molecule has 4 amide bonds. The molecule has 1 saturated heterocycles. The van der Waals surface area contributed by atoms with E-state index in [0.717, 1.165) is 70.5 Å². The summed E-state index contributed by atoms with van der Waals surface area (Å²) in [5.74, 6) is 1.04. The van der Waals surface area contributed by atoms with Crippen molar-refractivity contribution in [1.82, 2.24) is 35.1 Å². The highest BCUT2D eigenvalue weighted by Crippen LogP contribution is 2.35. The molecular formula is C44H54N8O7. The molecule has 1 unspecified atom stereocenters. The number of amides is 4. The van der Waals surface area contributed by atoms with Crippen molar-refractivity contribution < 1.29 is 33.1 Å². The number of likely N-dealkylation sites (tertiary alicyclic amines) is 1. The van der Waals surface area contributed by atoms with Gasteiger partial charge in [-0.3, -0.25) is 9.59 Å². The lowest BCUT2D eigenvalue weighted by atomic mass is 9.95. The second-order valence-corrected chi connectivity index (χ2v) is 15.5. The number of methoxy groups -OCH3 is 2. The number of carbonyl (C=O) groups is 4. The standard InChI is InChI=1S/C44H54N8O7/c1-8-9-18-51(41(53)32(26(2)3)22-47-43(55)57-6)25-38-45-23-33(48-38)28-12-14-29(15-13-28)37-21-31-20-30(16-17-36(31)59-37)34-24-46-40(49-34)35-11-10-19-52(35)42(54)39(27(4)5)50-44(56)58-7/h12-17,20-24,26-27,32,35,39H,8-11,18-19,25H2,1-7H3,(H,45,48)(H,46,49)(H,50,56)/b47-22+/t32?,35-,39-/m0/s1. The number of hydrogen-bond acceptors (Lipinski definition) is 9. The first-order valence-corrected chi connectivity index (χ1v) is 20.2. The summed E-state index contributed by atoms with van der Waals surface area (Å²) in [6.07, 6.45) is 6.91. The van der Waals surface area contributed by atoms with Gasteiger partial charge in [-0.25, -0.2) is 19.6 Å². The van der Waals surface area contributed by atoms with Gasteiger partial charge in [0.1, 0.15) is 29.0 Å². The molecule has 3 atom stereocenters. The number of alkyl carbamates (subject to hydrolysis) is 1. The number of furan rings is 1. The highest BCUT2D eigenvalue weighted by molar-refractivity contribution is 5.96. The first-order chi connectivity index (χ1) is 28.4. The zero-order valence-electron chi connectivity index (χ0n) is 34.8. The predicted molar refractivity (Wildman–Crippen MR) is 224 cm³/mol. The van der Waals surface area contributed by atoms with E-state index in [0.29, 0.717) is 31.3 Å². The van der Waals surface area contributed by atoms with Crippen LogP contribution in [0.15, 0.2) is 70.3 Å². The van der Waals surface area contributed by atoms with Crippen LogP contribution in [0.1, 0.15) is 78.0 Å². The number of H-pyrrole nitrogens is 2. The molecule has 4 heterocycles. The Balaban J connectivity index is 1.14. The van der Waals surface area contributed by atoms with Gasteiger partial charge in [0.15, 0.2) is 0 Å². The number of fused-ring (bicyclic) bond motifs is 1. The number of benzene rings is 2. The van der Waals surface area contributed by atoms with E-state index in [2.05, 4.69) is 48.0 Å². The molecule has 312 valence electrons. The number of unbranched alkanes of at least 4 members (excludes halogenated alkanes) is 1. The first-order valence-electron chi connectivity index (χ1n) is 20.2. The van der Waals surface area contributed by atoms with Crippen LogP contribution in [-0.2, 0) is 25.6 Å². The Hall–Kier alpha value is -6.25. The third kappa shape index (κ3) is 9.90. The van der Waals surface area contributed by atoms with Gasteiger partial charge in [-0.1, -0.05) is 65.3 Å². The maximum Gasteiger partial charge on any atom is 0.432 e. The molecule has 15 nitrogen and oxygen atoms in total. The number of carbonyl (C=O) groups excluding carboxylic acids is 4. The molecular weight excluding hydrogens is 753 g/mol. The number of aromatic nitrogens is 4. The lowest BCUT2D eigenvalue weighted by molar-refractivity contribution is -0.136. The largest absolute Gasteiger partial charge is 0.456 e. The van der Waals surface area contributed by atoms with Crippen LogP contribution in [0, 0.1) is 17.8 Å². The quantitative estimate of drug-likeness (QED) is 0.0877. The molecule has 0 bridgehead atoms. The Kier molecular flexibility index (Phi) is 13.6. The Labute approximate surface area is 344 Å². The number of aliphatic imine (C=N–C) groups is 1. The van der Waals surface area contributed by atoms with Crippen LogP contribution in [0.2, 0.25) is 0 Å². The van der Waals surface area contributed by atoms with Crippen LogP contribution in [0.25, 0.3) is 44.8 Å². The minimum Gasteiger partial charge on any atom is -0.456 e. The molecule has 1 aliphatic heterocycles. The van der Waals surface area contributed by atoms with Crippen molar-refractivity contribution in [3.05, 3.63) is 72.6 Å². The zero-order chi connectivity index (χ0) is 42.2. The van der Waals surface area contributed by atoms with Crippen molar-refractivity contribution in [1.29, 1.82) is 0 Å². The molecule has 0 radical (unpaired) electrons. The molecule has 6 rings (SSSR count). The summed E-state index contributed by atoms with van der Waals surface area (Å²) in [4.78, 5) is 74.4. The highest BCUT2D eigenvalue weighted by Gasteiger charge is 2.37. The molecule has 15 heteroatoms. The van der Waals surface area contributed by atoms with Crippen LogP contribution in [-0.4, -0.2) is 93.3 Å². The van der Waals surface area contributed by atoms with Gasteiger partial charge in [-0.15, -0.1) is 0 Å². The van der Waals surface area contributed by atoms with Crippen LogP contribution in [0.3, 0.4) is 0 Å². The van der Waals surface area contributed by atoms with Gasteiger partial charge in [0.2, 0.25) is 11.8 Å². The van der Waals surface area contributed by atoms with E-state index >= 15 is 0 Å². The third-order valence-electron chi connectivity index (χ3n) is 10.7. The molecule has 3 N–H and O–H groups in total. The molecule has 1 aliphatic rings. The Morgan fingerprint density at radius 3 is 2.36 bits per heavy atom. The van der Waals surface area contributed by atoms with E-state index < -0.39 is 24.1 Å². The number of nitrogens with zero attached hydrogens (tertiary/aromatic N) is 5. The lowest BCUT2D eigenvalue weighted by Crippen LogP contribution is -2.51. The lowest BCUT2D eigenvalue weighted by Gasteiger charge is -2.30. The minimum atomic E-state index is -0.738. The van der Waals surface area contributed by atoms with Gasteiger partial charge in [0.05, 0.1) is 56.5 Å². The maximum atomic E-state index is 13.7. The monoisotopic (exact) mass is 806 g/mol. The normalized spacial score (nSPS) is 15.3. The Bertz CT molecular complexity index is 2270. The van der Waals surface area contributed by atoms with Gasteiger partial charge in [-0.2, -0.15) is 4.99 Å². The van der Waals surface area contributed by atoms with Gasteiger partial charge >= 0.3 is 12.2 Å². The second-order valence-electron chi connectivity index (χ2n) is 15.5. The second kappa shape index (κ2) is 19.0. The fourth-order valence-electron chi connectivity index (χ4n) is 7.32. The fraction of sp³-hybridized carbons (Fsp3) is 0.432. The maximum absolute atomic E-state index is 13.7. The van der Waals surface area contributed by atoms with Crippen molar-refractivity contribution in [3.8, 4) is 33.8 Å². The summed E-state index contributed by atoms with van der Waals surface area (Å²) in [5, 5.41) is 3.63. The zero-order valence-corrected chi connectivity index (χ0v) is 34.8. The van der Waals surface area contributed by atoms with E-state index in [9.17, 15) is 19.2 Å². The van der Waals surface area contributed by atoms with Crippen molar-refractivity contribution in [2.75, 3.05) is 27.3 Å². The number of imidazole rings is 2. The van der Waals surface area contributed by atoms with Gasteiger partial charge in [-0.05, 0) is 60.9 Å². The van der Waals surface area contributed by atoms with Crippen molar-refractivity contribution in [3.63, 3.8) is 0 Å². The first kappa shape index (κ1) is 42.4. The topological polar surface area (TPSA) is 188 Å². The SMILES string of the molecule is CCCCN(Cc1ncc(-c2ccc(-c3cc4cc(-c5cnc([C@@H]6CCCN6C(=O)[C@@H](NC(=O)OC)C(C)C)[nH]5)ccc4o3)cc2)[nH]1)C(=O)C(/C=N/C(=O)OC)C(C)C. The average molecular weight is 807 g/mol.